The fourth-order valence-electron chi connectivity index (χ4n) is 2.04. The van der Waals surface area contributed by atoms with Crippen LogP contribution in [0.4, 0.5) is 0 Å². The summed E-state index contributed by atoms with van der Waals surface area (Å²) in [6, 6.07) is 7.13. The Morgan fingerprint density at radius 2 is 2.20 bits per heavy atom. The SMILES string of the molecule is COCCNC(=O)c1ccc(OCC2CCCO2)cc1. The standard InChI is InChI=1S/C15H21NO4/c1-18-10-8-16-15(17)12-4-6-13(7-5-12)20-11-14-3-2-9-19-14/h4-7,14H,2-3,8-11H2,1H3,(H,16,17). The van der Waals surface area contributed by atoms with Gasteiger partial charge in [-0.15, -0.1) is 0 Å². The minimum Gasteiger partial charge on any atom is -0.491 e. The van der Waals surface area contributed by atoms with Crippen molar-refractivity contribution in [1.29, 1.82) is 0 Å². The Hall–Kier alpha value is -1.59. The van der Waals surface area contributed by atoms with E-state index < -0.39 is 0 Å². The van der Waals surface area contributed by atoms with Crippen molar-refractivity contribution in [3.63, 3.8) is 0 Å². The molecule has 20 heavy (non-hydrogen) atoms. The highest BCUT2D eigenvalue weighted by atomic mass is 16.5. The number of nitrogens with one attached hydrogen (secondary N) is 1. The quantitative estimate of drug-likeness (QED) is 0.771. The third-order valence-electron chi connectivity index (χ3n) is 3.17. The summed E-state index contributed by atoms with van der Waals surface area (Å²) in [7, 11) is 1.60. The molecule has 1 aromatic carbocycles. The number of methoxy groups -OCH3 is 1. The molecule has 1 amide bonds. The molecule has 5 nitrogen and oxygen atoms in total. The zero-order valence-corrected chi connectivity index (χ0v) is 11.8. The maximum Gasteiger partial charge on any atom is 0.251 e. The lowest BCUT2D eigenvalue weighted by Crippen LogP contribution is -2.26. The Morgan fingerprint density at radius 1 is 1.40 bits per heavy atom. The Morgan fingerprint density at radius 3 is 2.85 bits per heavy atom. The Kier molecular flexibility index (Phi) is 5.83. The van der Waals surface area contributed by atoms with E-state index in [1.807, 2.05) is 0 Å². The van der Waals surface area contributed by atoms with Crippen LogP contribution < -0.4 is 10.1 Å². The van der Waals surface area contributed by atoms with Crippen LogP contribution in [0, 0.1) is 0 Å². The first-order valence-electron chi connectivity index (χ1n) is 6.91. The highest BCUT2D eigenvalue weighted by Crippen LogP contribution is 2.16. The minimum atomic E-state index is -0.104. The predicted molar refractivity (Wildman–Crippen MR) is 75.1 cm³/mol. The number of rotatable bonds is 7. The van der Waals surface area contributed by atoms with Crippen LogP contribution in [-0.2, 0) is 9.47 Å². The number of carbonyl (C=O) groups is 1. The van der Waals surface area contributed by atoms with Crippen molar-refractivity contribution in [1.82, 2.24) is 5.32 Å². The van der Waals surface area contributed by atoms with Crippen molar-refractivity contribution in [3.8, 4) is 5.75 Å². The fourth-order valence-corrected chi connectivity index (χ4v) is 2.04. The zero-order chi connectivity index (χ0) is 14.2. The lowest BCUT2D eigenvalue weighted by molar-refractivity contribution is 0.0679. The molecule has 1 saturated heterocycles. The normalized spacial score (nSPS) is 17.9. The summed E-state index contributed by atoms with van der Waals surface area (Å²) in [5.74, 6) is 0.654. The number of amides is 1. The molecule has 1 fully saturated rings. The van der Waals surface area contributed by atoms with Gasteiger partial charge in [0.1, 0.15) is 12.4 Å². The first kappa shape index (κ1) is 14.8. The molecule has 0 spiro atoms. The van der Waals surface area contributed by atoms with Gasteiger partial charge in [-0.2, -0.15) is 0 Å². The van der Waals surface area contributed by atoms with E-state index >= 15 is 0 Å². The van der Waals surface area contributed by atoms with Crippen LogP contribution >= 0.6 is 0 Å². The first-order valence-corrected chi connectivity index (χ1v) is 6.91. The Labute approximate surface area is 119 Å². The van der Waals surface area contributed by atoms with Gasteiger partial charge in [-0.05, 0) is 37.1 Å². The van der Waals surface area contributed by atoms with Gasteiger partial charge in [-0.3, -0.25) is 4.79 Å². The van der Waals surface area contributed by atoms with Crippen molar-refractivity contribution < 1.29 is 19.0 Å². The number of carbonyl (C=O) groups excluding carboxylic acids is 1. The second-order valence-corrected chi connectivity index (χ2v) is 4.72. The summed E-state index contributed by atoms with van der Waals surface area (Å²) in [4.78, 5) is 11.8. The maximum absolute atomic E-state index is 11.8. The average molecular weight is 279 g/mol. The van der Waals surface area contributed by atoms with Gasteiger partial charge in [0, 0.05) is 25.8 Å². The van der Waals surface area contributed by atoms with Crippen molar-refractivity contribution in [3.05, 3.63) is 29.8 Å². The van der Waals surface area contributed by atoms with Crippen LogP contribution in [-0.4, -0.2) is 45.5 Å². The van der Waals surface area contributed by atoms with Crippen molar-refractivity contribution >= 4 is 5.91 Å². The van der Waals surface area contributed by atoms with Crippen LogP contribution in [0.3, 0.4) is 0 Å². The van der Waals surface area contributed by atoms with E-state index in [0.29, 0.717) is 25.3 Å². The molecule has 2 rings (SSSR count). The van der Waals surface area contributed by atoms with Crippen LogP contribution in [0.25, 0.3) is 0 Å². The van der Waals surface area contributed by atoms with E-state index in [0.717, 1.165) is 25.2 Å². The first-order chi connectivity index (χ1) is 9.79. The molecule has 0 bridgehead atoms. The summed E-state index contributed by atoms with van der Waals surface area (Å²) < 4.78 is 16.0. The van der Waals surface area contributed by atoms with E-state index in [2.05, 4.69) is 5.32 Å². The molecule has 0 saturated carbocycles. The largest absolute Gasteiger partial charge is 0.491 e. The van der Waals surface area contributed by atoms with E-state index in [1.165, 1.54) is 0 Å². The van der Waals surface area contributed by atoms with Crippen molar-refractivity contribution in [2.45, 2.75) is 18.9 Å². The van der Waals surface area contributed by atoms with Gasteiger partial charge in [0.25, 0.3) is 5.91 Å². The number of ether oxygens (including phenoxy) is 3. The third-order valence-corrected chi connectivity index (χ3v) is 3.17. The van der Waals surface area contributed by atoms with E-state index in [9.17, 15) is 4.79 Å². The molecule has 1 unspecified atom stereocenters. The Balaban J connectivity index is 1.78. The van der Waals surface area contributed by atoms with E-state index in [1.54, 1.807) is 31.4 Å². The molecule has 1 heterocycles. The van der Waals surface area contributed by atoms with Crippen LogP contribution in [0.1, 0.15) is 23.2 Å². The lowest BCUT2D eigenvalue weighted by Gasteiger charge is -2.11. The lowest BCUT2D eigenvalue weighted by atomic mass is 10.2. The zero-order valence-electron chi connectivity index (χ0n) is 11.8. The molecule has 110 valence electrons. The fraction of sp³-hybridized carbons (Fsp3) is 0.533. The van der Waals surface area contributed by atoms with E-state index in [-0.39, 0.29) is 12.0 Å². The van der Waals surface area contributed by atoms with Gasteiger partial charge in [-0.1, -0.05) is 0 Å². The van der Waals surface area contributed by atoms with Gasteiger partial charge >= 0.3 is 0 Å². The number of hydrogen-bond acceptors (Lipinski definition) is 4. The molecule has 5 heteroatoms. The van der Waals surface area contributed by atoms with Crippen molar-refractivity contribution in [2.75, 3.05) is 33.5 Å². The summed E-state index contributed by atoms with van der Waals surface area (Å²) >= 11 is 0. The Bertz CT molecular complexity index is 412. The molecule has 1 aliphatic rings. The van der Waals surface area contributed by atoms with Crippen LogP contribution in [0.15, 0.2) is 24.3 Å². The van der Waals surface area contributed by atoms with Crippen LogP contribution in [0.5, 0.6) is 5.75 Å². The van der Waals surface area contributed by atoms with Crippen molar-refractivity contribution in [2.24, 2.45) is 0 Å². The molecule has 0 aromatic heterocycles. The molecule has 0 radical (unpaired) electrons. The molecular formula is C15H21NO4. The van der Waals surface area contributed by atoms with Gasteiger partial charge < -0.3 is 19.5 Å². The molecule has 1 N–H and O–H groups in total. The summed E-state index contributed by atoms with van der Waals surface area (Å²) in [6.07, 6.45) is 2.36. The summed E-state index contributed by atoms with van der Waals surface area (Å²) in [6.45, 7) is 2.41. The predicted octanol–water partition coefficient (Wildman–Crippen LogP) is 1.62. The van der Waals surface area contributed by atoms with Crippen LogP contribution in [0.2, 0.25) is 0 Å². The molecule has 1 aromatic rings. The van der Waals surface area contributed by atoms with Gasteiger partial charge in [0.05, 0.1) is 12.7 Å². The summed E-state index contributed by atoms with van der Waals surface area (Å²) in [5, 5.41) is 2.77. The van der Waals surface area contributed by atoms with Gasteiger partial charge in [0.15, 0.2) is 0 Å². The second kappa shape index (κ2) is 7.87. The minimum absolute atomic E-state index is 0.104. The second-order valence-electron chi connectivity index (χ2n) is 4.72. The van der Waals surface area contributed by atoms with Gasteiger partial charge in [0.2, 0.25) is 0 Å². The highest BCUT2D eigenvalue weighted by Gasteiger charge is 2.16. The van der Waals surface area contributed by atoms with Gasteiger partial charge in [-0.25, -0.2) is 0 Å². The topological polar surface area (TPSA) is 56.8 Å². The number of hydrogen-bond donors (Lipinski definition) is 1. The third kappa shape index (κ3) is 4.51. The molecular weight excluding hydrogens is 258 g/mol. The summed E-state index contributed by atoms with van der Waals surface area (Å²) in [5.41, 5.74) is 0.616. The average Bonchev–Trinajstić information content (AvgIpc) is 2.99. The number of benzene rings is 1. The smallest absolute Gasteiger partial charge is 0.251 e. The maximum atomic E-state index is 11.8. The molecule has 1 atom stereocenters. The molecule has 1 aliphatic heterocycles. The highest BCUT2D eigenvalue weighted by molar-refractivity contribution is 5.94. The monoisotopic (exact) mass is 279 g/mol. The van der Waals surface area contributed by atoms with E-state index in [4.69, 9.17) is 14.2 Å². The molecule has 0 aliphatic carbocycles.